The van der Waals surface area contributed by atoms with Crippen LogP contribution in [0.15, 0.2) is 0 Å². The van der Waals surface area contributed by atoms with Gasteiger partial charge in [-0.15, -0.1) is 0 Å². The molecule has 0 aromatic rings. The van der Waals surface area contributed by atoms with Gasteiger partial charge < -0.3 is 52.1 Å². The average molecular weight is 431 g/mol. The summed E-state index contributed by atoms with van der Waals surface area (Å²) in [5.74, 6) is -6.33. The van der Waals surface area contributed by atoms with Crippen LogP contribution in [-0.4, -0.2) is 94.1 Å². The molecule has 0 rings (SSSR count). The zero-order chi connectivity index (χ0) is 22.3. The first-order valence-electron chi connectivity index (χ1n) is 7.76. The second-order valence-corrected chi connectivity index (χ2v) is 5.26. The van der Waals surface area contributed by atoms with E-state index in [-0.39, 0.29) is 48.7 Å². The molecule has 0 heterocycles. The maximum Gasteiger partial charge on any atom is 2.00 e. The van der Waals surface area contributed by atoms with Crippen LogP contribution in [0.25, 0.3) is 0 Å². The van der Waals surface area contributed by atoms with Crippen molar-refractivity contribution in [3.63, 3.8) is 0 Å². The van der Waals surface area contributed by atoms with E-state index in [0.29, 0.717) is 0 Å². The zero-order valence-corrected chi connectivity index (χ0v) is 16.8. The van der Waals surface area contributed by atoms with Gasteiger partial charge in [-0.2, -0.15) is 0 Å². The molecule has 0 unspecified atom stereocenters. The van der Waals surface area contributed by atoms with Crippen molar-refractivity contribution in [3.05, 3.63) is 0 Å². The third-order valence-electron chi connectivity index (χ3n) is 2.86. The fraction of sp³-hybridized carbons (Fsp3) is 0.571. The van der Waals surface area contributed by atoms with E-state index in [4.69, 9.17) is 21.7 Å². The van der Waals surface area contributed by atoms with E-state index in [1.807, 2.05) is 10.6 Å². The molecule has 0 radical (unpaired) electrons. The first kappa shape index (κ1) is 31.2. The number of hydrogen-bond acceptors (Lipinski definition) is 10. The molecule has 0 aromatic carbocycles. The minimum absolute atomic E-state index is 0. The number of amides is 2. The molecule has 29 heavy (non-hydrogen) atoms. The second kappa shape index (κ2) is 17.6. The van der Waals surface area contributed by atoms with Crippen LogP contribution in [0.2, 0.25) is 0 Å². The molecule has 0 aromatic heterocycles. The number of carbonyl (C=O) groups excluding carboxylic acids is 4. The summed E-state index contributed by atoms with van der Waals surface area (Å²) in [7, 11) is 0. The molecular weight excluding hydrogens is 408 g/mol. The molecule has 2 amide bonds. The van der Waals surface area contributed by atoms with E-state index in [9.17, 15) is 39.0 Å². The summed E-state index contributed by atoms with van der Waals surface area (Å²) in [4.78, 5) is 61.9. The molecular formula is C14H22MgN4O10. The average Bonchev–Trinajstić information content (AvgIpc) is 2.60. The van der Waals surface area contributed by atoms with Crippen molar-refractivity contribution in [2.24, 2.45) is 11.5 Å². The van der Waals surface area contributed by atoms with Gasteiger partial charge in [0, 0.05) is 12.8 Å². The van der Waals surface area contributed by atoms with Gasteiger partial charge in [0.1, 0.15) is 12.1 Å². The molecule has 0 aliphatic carbocycles. The Morgan fingerprint density at radius 2 is 1.00 bits per heavy atom. The molecule has 15 heteroatoms. The first-order valence-corrected chi connectivity index (χ1v) is 7.76. The normalized spacial score (nSPS) is 11.4. The molecule has 160 valence electrons. The first-order chi connectivity index (χ1) is 12.9. The molecule has 14 nitrogen and oxygen atoms in total. The third-order valence-corrected chi connectivity index (χ3v) is 2.86. The van der Waals surface area contributed by atoms with Gasteiger partial charge in [0.15, 0.2) is 0 Å². The van der Waals surface area contributed by atoms with E-state index >= 15 is 0 Å². The van der Waals surface area contributed by atoms with E-state index in [2.05, 4.69) is 0 Å². The summed E-state index contributed by atoms with van der Waals surface area (Å²) >= 11 is 0. The fourth-order valence-corrected chi connectivity index (χ4v) is 1.34. The molecule has 8 N–H and O–H groups in total. The molecule has 0 aliphatic heterocycles. The largest absolute Gasteiger partial charge is 2.00 e. The monoisotopic (exact) mass is 430 g/mol. The zero-order valence-electron chi connectivity index (χ0n) is 15.4. The van der Waals surface area contributed by atoms with Crippen LogP contribution in [0.1, 0.15) is 25.7 Å². The Kier molecular flexibility index (Phi) is 18.9. The van der Waals surface area contributed by atoms with Crippen LogP contribution >= 0.6 is 0 Å². The molecule has 2 atom stereocenters. The van der Waals surface area contributed by atoms with Crippen LogP contribution in [0.3, 0.4) is 0 Å². The molecule has 0 fully saturated rings. The predicted molar refractivity (Wildman–Crippen MR) is 91.5 cm³/mol. The Labute approximate surface area is 181 Å². The van der Waals surface area contributed by atoms with Gasteiger partial charge in [-0.1, -0.05) is 0 Å². The van der Waals surface area contributed by atoms with E-state index in [1.54, 1.807) is 0 Å². The SMILES string of the molecule is N[C@@H](CCC(=O)NCC(=O)[O-])C(=O)O.N[C@@H](CCC(=O)NCC(=O)[O-])C(=O)O.[Mg+2]. The summed E-state index contributed by atoms with van der Waals surface area (Å²) in [5.41, 5.74) is 10.2. The number of hydrogen-bond donors (Lipinski definition) is 6. The Morgan fingerprint density at radius 3 is 1.21 bits per heavy atom. The van der Waals surface area contributed by atoms with Crippen LogP contribution in [-0.2, 0) is 28.8 Å². The quantitative estimate of drug-likeness (QED) is 0.158. The Morgan fingerprint density at radius 1 is 0.724 bits per heavy atom. The number of carboxylic acids is 4. The van der Waals surface area contributed by atoms with Gasteiger partial charge in [-0.3, -0.25) is 19.2 Å². The number of rotatable bonds is 12. The Hall–Kier alpha value is -2.49. The number of nitrogens with two attached hydrogens (primary N) is 2. The standard InChI is InChI=1S/2C7H12N2O5.Mg/c2*8-4(7(13)14)1-2-5(10)9-3-6(11)12;/h2*4H,1-3,8H2,(H,9,10)(H,11,12)(H,13,14);/q;;+2/p-2/t2*4-;/m00./s1. The summed E-state index contributed by atoms with van der Waals surface area (Å²) in [6, 6.07) is -2.22. The molecule has 0 bridgehead atoms. The Balaban J connectivity index is -0.000000451. The van der Waals surface area contributed by atoms with Crippen molar-refractivity contribution < 1.29 is 49.2 Å². The van der Waals surface area contributed by atoms with Crippen LogP contribution in [0, 0.1) is 0 Å². The van der Waals surface area contributed by atoms with Gasteiger partial charge in [0.2, 0.25) is 11.8 Å². The van der Waals surface area contributed by atoms with Gasteiger partial charge in [-0.05, 0) is 12.8 Å². The van der Waals surface area contributed by atoms with Gasteiger partial charge in [0.25, 0.3) is 0 Å². The number of nitrogens with one attached hydrogen (secondary N) is 2. The topological polar surface area (TPSA) is 265 Å². The number of carbonyl (C=O) groups is 6. The van der Waals surface area contributed by atoms with Crippen LogP contribution in [0.5, 0.6) is 0 Å². The van der Waals surface area contributed by atoms with Crippen LogP contribution < -0.4 is 32.3 Å². The van der Waals surface area contributed by atoms with Crippen molar-refractivity contribution >= 4 is 58.7 Å². The number of carboxylic acid groups (broad SMARTS) is 4. The fourth-order valence-electron chi connectivity index (χ4n) is 1.34. The van der Waals surface area contributed by atoms with Crippen LogP contribution in [0.4, 0.5) is 0 Å². The third kappa shape index (κ3) is 21.7. The van der Waals surface area contributed by atoms with Crippen molar-refractivity contribution in [1.82, 2.24) is 10.6 Å². The second-order valence-electron chi connectivity index (χ2n) is 5.26. The minimum Gasteiger partial charge on any atom is -0.548 e. The van der Waals surface area contributed by atoms with Gasteiger partial charge in [-0.25, -0.2) is 0 Å². The van der Waals surface area contributed by atoms with Crippen molar-refractivity contribution in [3.8, 4) is 0 Å². The maximum atomic E-state index is 10.8. The predicted octanol–water partition coefficient (Wildman–Crippen LogP) is -6.29. The Bertz CT molecular complexity index is 537. The maximum absolute atomic E-state index is 10.8. The molecule has 0 saturated carbocycles. The van der Waals surface area contributed by atoms with E-state index < -0.39 is 60.9 Å². The molecule has 0 saturated heterocycles. The molecule has 0 aliphatic rings. The minimum atomic E-state index is -1.40. The van der Waals surface area contributed by atoms with Gasteiger partial charge in [0.05, 0.1) is 25.0 Å². The smallest absolute Gasteiger partial charge is 0.548 e. The van der Waals surface area contributed by atoms with Crippen molar-refractivity contribution in [2.75, 3.05) is 13.1 Å². The van der Waals surface area contributed by atoms with Crippen molar-refractivity contribution in [1.29, 1.82) is 0 Å². The van der Waals surface area contributed by atoms with E-state index in [0.717, 1.165) is 0 Å². The van der Waals surface area contributed by atoms with Gasteiger partial charge >= 0.3 is 35.0 Å². The summed E-state index contributed by atoms with van der Waals surface area (Å²) < 4.78 is 0. The van der Waals surface area contributed by atoms with Crippen molar-refractivity contribution in [2.45, 2.75) is 37.8 Å². The number of aliphatic carboxylic acids is 4. The summed E-state index contributed by atoms with van der Waals surface area (Å²) in [6.07, 6.45) is -0.316. The summed E-state index contributed by atoms with van der Waals surface area (Å²) in [5, 5.41) is 40.6. The van der Waals surface area contributed by atoms with E-state index in [1.165, 1.54) is 0 Å². The summed E-state index contributed by atoms with van der Waals surface area (Å²) in [6.45, 7) is -1.16. The molecule has 0 spiro atoms.